The molecule has 0 aromatic rings. The van der Waals surface area contributed by atoms with Gasteiger partial charge in [0.1, 0.15) is 18.3 Å². The molecule has 0 saturated heterocycles. The highest BCUT2D eigenvalue weighted by atomic mass is 16.7. The summed E-state index contributed by atoms with van der Waals surface area (Å²) in [6.45, 7) is 2.28. The van der Waals surface area contributed by atoms with Crippen molar-refractivity contribution in [2.45, 2.75) is 76.6 Å². The lowest BCUT2D eigenvalue weighted by molar-refractivity contribution is 0.0643. The molecule has 0 radical (unpaired) electrons. The third kappa shape index (κ3) is 4.43. The summed E-state index contributed by atoms with van der Waals surface area (Å²) in [4.78, 5) is 16.3. The average Bonchev–Trinajstić information content (AvgIpc) is 3.24. The van der Waals surface area contributed by atoms with Gasteiger partial charge in [-0.25, -0.2) is 0 Å². The molecule has 3 aliphatic rings. The van der Waals surface area contributed by atoms with Gasteiger partial charge < -0.3 is 19.6 Å². The van der Waals surface area contributed by atoms with Crippen LogP contribution in [0.4, 0.5) is 0 Å². The Balaban J connectivity index is 1.36. The van der Waals surface area contributed by atoms with Crippen molar-refractivity contribution in [1.82, 2.24) is 0 Å². The van der Waals surface area contributed by atoms with Crippen LogP contribution in [0.5, 0.6) is 0 Å². The molecular formula is C16H25N3O4. The number of hydrogen-bond acceptors (Lipinski definition) is 7. The van der Waals surface area contributed by atoms with Crippen LogP contribution < -0.4 is 0 Å². The van der Waals surface area contributed by atoms with E-state index in [1.165, 1.54) is 0 Å². The first-order chi connectivity index (χ1) is 11.3. The van der Waals surface area contributed by atoms with Crippen molar-refractivity contribution in [2.24, 2.45) is 15.5 Å². The minimum absolute atomic E-state index is 0.0119. The summed E-state index contributed by atoms with van der Waals surface area (Å²) in [6.07, 6.45) is 6.90. The van der Waals surface area contributed by atoms with Gasteiger partial charge in [0.2, 0.25) is 0 Å². The minimum Gasteiger partial charge on any atom is -0.396 e. The Kier molecular flexibility index (Phi) is 5.48. The molecular weight excluding hydrogens is 298 g/mol. The molecule has 0 aromatic carbocycles. The molecule has 0 spiro atoms. The van der Waals surface area contributed by atoms with E-state index in [-0.39, 0.29) is 24.9 Å². The summed E-state index contributed by atoms with van der Waals surface area (Å²) in [5.41, 5.74) is 3.19. The summed E-state index contributed by atoms with van der Waals surface area (Å²) in [6, 6.07) is 0. The molecule has 0 aromatic heterocycles. The molecule has 0 amide bonds. The van der Waals surface area contributed by atoms with Crippen molar-refractivity contribution in [3.63, 3.8) is 0 Å². The lowest BCUT2D eigenvalue weighted by Gasteiger charge is -2.08. The molecule has 0 bridgehead atoms. The highest BCUT2D eigenvalue weighted by molar-refractivity contribution is 5.90. The summed E-state index contributed by atoms with van der Waals surface area (Å²) in [7, 11) is 0. The van der Waals surface area contributed by atoms with Gasteiger partial charge in [-0.1, -0.05) is 28.8 Å². The SMILES string of the molecule is CCCC1=NOC(CC2=NOC(CC3=NOC(CCO)C3)C2)C1. The second kappa shape index (κ2) is 7.77. The maximum Gasteiger partial charge on any atom is 0.138 e. The quantitative estimate of drug-likeness (QED) is 0.743. The van der Waals surface area contributed by atoms with Crippen LogP contribution in [-0.4, -0.2) is 47.2 Å². The van der Waals surface area contributed by atoms with Gasteiger partial charge in [0.05, 0.1) is 17.1 Å². The fraction of sp³-hybridized carbons (Fsp3) is 0.812. The van der Waals surface area contributed by atoms with E-state index in [1.54, 1.807) is 0 Å². The van der Waals surface area contributed by atoms with E-state index < -0.39 is 0 Å². The number of aliphatic hydroxyl groups is 1. The van der Waals surface area contributed by atoms with Crippen LogP contribution in [-0.2, 0) is 14.5 Å². The topological polar surface area (TPSA) is 85.0 Å². The van der Waals surface area contributed by atoms with Gasteiger partial charge in [-0.15, -0.1) is 0 Å². The molecule has 7 heteroatoms. The maximum atomic E-state index is 8.92. The van der Waals surface area contributed by atoms with Crippen molar-refractivity contribution in [1.29, 1.82) is 0 Å². The van der Waals surface area contributed by atoms with Crippen LogP contribution in [0.2, 0.25) is 0 Å². The Bertz CT molecular complexity index is 504. The zero-order chi connectivity index (χ0) is 16.1. The van der Waals surface area contributed by atoms with E-state index in [2.05, 4.69) is 22.4 Å². The molecule has 3 heterocycles. The molecule has 7 nitrogen and oxygen atoms in total. The van der Waals surface area contributed by atoms with Crippen molar-refractivity contribution >= 4 is 17.1 Å². The number of hydrogen-bond donors (Lipinski definition) is 1. The molecule has 0 fully saturated rings. The molecule has 0 aliphatic carbocycles. The molecule has 3 atom stereocenters. The second-order valence-corrected chi connectivity index (χ2v) is 6.44. The monoisotopic (exact) mass is 323 g/mol. The molecule has 3 unspecified atom stereocenters. The zero-order valence-corrected chi connectivity index (χ0v) is 13.6. The minimum atomic E-state index is 0.0119. The standard InChI is InChI=1S/C16H25N3O4/c1-2-3-11-6-15(22-17-11)9-13-10-16(23-19-13)8-12-7-14(4-5-20)21-18-12/h14-16,20H,2-10H2,1H3. The van der Waals surface area contributed by atoms with Crippen LogP contribution in [0.3, 0.4) is 0 Å². The molecule has 1 N–H and O–H groups in total. The molecule has 23 heavy (non-hydrogen) atoms. The van der Waals surface area contributed by atoms with E-state index in [1.807, 2.05) is 0 Å². The van der Waals surface area contributed by atoms with Crippen molar-refractivity contribution < 1.29 is 19.6 Å². The average molecular weight is 323 g/mol. The number of rotatable bonds is 8. The molecule has 0 saturated carbocycles. The Morgan fingerprint density at radius 3 is 2.00 bits per heavy atom. The molecule has 128 valence electrons. The van der Waals surface area contributed by atoms with Gasteiger partial charge in [-0.2, -0.15) is 0 Å². The first-order valence-corrected chi connectivity index (χ1v) is 8.52. The molecule has 3 rings (SSSR count). The number of aliphatic hydroxyl groups excluding tert-OH is 1. The summed E-state index contributed by atoms with van der Waals surface area (Å²) in [5, 5.41) is 21.4. The molecule has 3 aliphatic heterocycles. The van der Waals surface area contributed by atoms with Gasteiger partial charge in [0, 0.05) is 45.1 Å². The highest BCUT2D eigenvalue weighted by Gasteiger charge is 2.30. The summed E-state index contributed by atoms with van der Waals surface area (Å²) >= 11 is 0. The largest absolute Gasteiger partial charge is 0.396 e. The van der Waals surface area contributed by atoms with E-state index in [0.717, 1.165) is 62.1 Å². The fourth-order valence-electron chi connectivity index (χ4n) is 3.18. The Morgan fingerprint density at radius 2 is 1.39 bits per heavy atom. The van der Waals surface area contributed by atoms with Crippen LogP contribution in [0.1, 0.15) is 58.3 Å². The Labute approximate surface area is 136 Å². The predicted molar refractivity (Wildman–Crippen MR) is 86.6 cm³/mol. The second-order valence-electron chi connectivity index (χ2n) is 6.44. The Morgan fingerprint density at radius 1 is 0.870 bits per heavy atom. The fourth-order valence-corrected chi connectivity index (χ4v) is 3.18. The van der Waals surface area contributed by atoms with Crippen LogP contribution in [0.25, 0.3) is 0 Å². The van der Waals surface area contributed by atoms with Gasteiger partial charge in [-0.3, -0.25) is 0 Å². The van der Waals surface area contributed by atoms with Crippen LogP contribution in [0.15, 0.2) is 15.5 Å². The smallest absolute Gasteiger partial charge is 0.138 e. The first kappa shape index (κ1) is 16.2. The summed E-state index contributed by atoms with van der Waals surface area (Å²) in [5.74, 6) is 0. The summed E-state index contributed by atoms with van der Waals surface area (Å²) < 4.78 is 0. The van der Waals surface area contributed by atoms with Gasteiger partial charge >= 0.3 is 0 Å². The van der Waals surface area contributed by atoms with E-state index in [0.29, 0.717) is 6.42 Å². The van der Waals surface area contributed by atoms with Gasteiger partial charge in [-0.05, 0) is 6.42 Å². The van der Waals surface area contributed by atoms with E-state index >= 15 is 0 Å². The lowest BCUT2D eigenvalue weighted by Crippen LogP contribution is -2.18. The third-order valence-electron chi connectivity index (χ3n) is 4.30. The van der Waals surface area contributed by atoms with Crippen molar-refractivity contribution in [2.75, 3.05) is 6.61 Å². The van der Waals surface area contributed by atoms with Crippen molar-refractivity contribution in [3.8, 4) is 0 Å². The predicted octanol–water partition coefficient (Wildman–Crippen LogP) is 2.38. The lowest BCUT2D eigenvalue weighted by atomic mass is 9.99. The van der Waals surface area contributed by atoms with Crippen molar-refractivity contribution in [3.05, 3.63) is 0 Å². The zero-order valence-electron chi connectivity index (χ0n) is 13.6. The van der Waals surface area contributed by atoms with Gasteiger partial charge in [0.15, 0.2) is 0 Å². The Hall–Kier alpha value is -1.63. The van der Waals surface area contributed by atoms with E-state index in [4.69, 9.17) is 19.6 Å². The third-order valence-corrected chi connectivity index (χ3v) is 4.30. The van der Waals surface area contributed by atoms with Crippen LogP contribution >= 0.6 is 0 Å². The normalized spacial score (nSPS) is 29.5. The number of oxime groups is 3. The first-order valence-electron chi connectivity index (χ1n) is 8.52. The number of nitrogens with zero attached hydrogens (tertiary/aromatic N) is 3. The van der Waals surface area contributed by atoms with E-state index in [9.17, 15) is 0 Å². The highest BCUT2D eigenvalue weighted by Crippen LogP contribution is 2.25. The van der Waals surface area contributed by atoms with Crippen LogP contribution in [0, 0.1) is 0 Å². The maximum absolute atomic E-state index is 8.92. The van der Waals surface area contributed by atoms with Gasteiger partial charge in [0.25, 0.3) is 0 Å².